The number of carbonyl (C=O) groups is 1. The Labute approximate surface area is 70.0 Å². The number of hydrogen-bond acceptors (Lipinski definition) is 4. The highest BCUT2D eigenvalue weighted by molar-refractivity contribution is 5.89. The molecule has 0 saturated carbocycles. The maximum Gasteiger partial charge on any atom is 0.307 e. The van der Waals surface area contributed by atoms with Crippen molar-refractivity contribution in [3.8, 4) is 0 Å². The van der Waals surface area contributed by atoms with Crippen molar-refractivity contribution in [1.29, 1.82) is 0 Å². The summed E-state index contributed by atoms with van der Waals surface area (Å²) in [4.78, 5) is 14.9. The number of oxazole rings is 1. The lowest BCUT2D eigenvalue weighted by atomic mass is 10.5. The molecule has 3 N–H and O–H groups in total. The summed E-state index contributed by atoms with van der Waals surface area (Å²) in [7, 11) is 0. The molecule has 1 aromatic rings. The standard InChI is InChI=1S/C7H11N3O2/c1-5-4-12-7(10-5)6(11)9-3-2-8/h4H,2-3,8H2,1H3,(H,9,11). The van der Waals surface area contributed by atoms with Crippen LogP contribution in [0.1, 0.15) is 16.4 Å². The van der Waals surface area contributed by atoms with Crippen LogP contribution in [0.4, 0.5) is 0 Å². The number of aryl methyl sites for hydroxylation is 1. The van der Waals surface area contributed by atoms with Gasteiger partial charge in [-0.3, -0.25) is 4.79 Å². The molecule has 12 heavy (non-hydrogen) atoms. The minimum atomic E-state index is -0.325. The Morgan fingerprint density at radius 1 is 1.83 bits per heavy atom. The Bertz CT molecular complexity index is 269. The van der Waals surface area contributed by atoms with Crippen LogP contribution in [0.25, 0.3) is 0 Å². The van der Waals surface area contributed by atoms with Gasteiger partial charge in [0.05, 0.1) is 5.69 Å². The Hall–Kier alpha value is -1.36. The average Bonchev–Trinajstić information content (AvgIpc) is 2.47. The number of amides is 1. The van der Waals surface area contributed by atoms with Gasteiger partial charge in [0.2, 0.25) is 0 Å². The molecule has 0 bridgehead atoms. The molecule has 1 rings (SSSR count). The van der Waals surface area contributed by atoms with Gasteiger partial charge in [-0.25, -0.2) is 4.98 Å². The van der Waals surface area contributed by atoms with Gasteiger partial charge in [0.15, 0.2) is 0 Å². The quantitative estimate of drug-likeness (QED) is 0.649. The first-order valence-electron chi connectivity index (χ1n) is 3.64. The summed E-state index contributed by atoms with van der Waals surface area (Å²) in [6.07, 6.45) is 1.43. The lowest BCUT2D eigenvalue weighted by molar-refractivity contribution is 0.0920. The fourth-order valence-electron chi connectivity index (χ4n) is 0.720. The van der Waals surface area contributed by atoms with Crippen molar-refractivity contribution in [2.24, 2.45) is 5.73 Å². The summed E-state index contributed by atoms with van der Waals surface area (Å²) in [5, 5.41) is 2.54. The monoisotopic (exact) mass is 169 g/mol. The molecule has 5 heteroatoms. The summed E-state index contributed by atoms with van der Waals surface area (Å²) in [6.45, 7) is 2.59. The summed E-state index contributed by atoms with van der Waals surface area (Å²) in [5.41, 5.74) is 5.88. The van der Waals surface area contributed by atoms with Gasteiger partial charge in [-0.05, 0) is 6.92 Å². The highest BCUT2D eigenvalue weighted by atomic mass is 16.4. The van der Waals surface area contributed by atoms with Gasteiger partial charge in [0.1, 0.15) is 6.26 Å². The smallest absolute Gasteiger partial charge is 0.307 e. The minimum Gasteiger partial charge on any atom is -0.441 e. The molecule has 1 aromatic heterocycles. The average molecular weight is 169 g/mol. The Kier molecular flexibility index (Phi) is 2.82. The topological polar surface area (TPSA) is 81.2 Å². The number of aromatic nitrogens is 1. The van der Waals surface area contributed by atoms with Crippen LogP contribution in [0, 0.1) is 6.92 Å². The molecule has 0 unspecified atom stereocenters. The van der Waals surface area contributed by atoms with Crippen LogP contribution in [0.3, 0.4) is 0 Å². The van der Waals surface area contributed by atoms with Crippen molar-refractivity contribution in [3.05, 3.63) is 17.8 Å². The number of rotatable bonds is 3. The molecule has 66 valence electrons. The number of nitrogens with one attached hydrogen (secondary N) is 1. The minimum absolute atomic E-state index is 0.0842. The number of nitrogens with zero attached hydrogens (tertiary/aromatic N) is 1. The van der Waals surface area contributed by atoms with E-state index in [0.717, 1.165) is 0 Å². The molecule has 1 heterocycles. The van der Waals surface area contributed by atoms with Crippen LogP contribution < -0.4 is 11.1 Å². The molecule has 0 aliphatic heterocycles. The van der Waals surface area contributed by atoms with Gasteiger partial charge in [0, 0.05) is 13.1 Å². The molecule has 0 saturated heterocycles. The van der Waals surface area contributed by atoms with Gasteiger partial charge in [-0.2, -0.15) is 0 Å². The van der Waals surface area contributed by atoms with E-state index in [2.05, 4.69) is 10.3 Å². The normalized spacial score (nSPS) is 9.83. The molecule has 0 fully saturated rings. The van der Waals surface area contributed by atoms with Crippen LogP contribution in [0.2, 0.25) is 0 Å². The SMILES string of the molecule is Cc1coc(C(=O)NCCN)n1. The van der Waals surface area contributed by atoms with Gasteiger partial charge < -0.3 is 15.5 Å². The van der Waals surface area contributed by atoms with Crippen LogP contribution in [0.5, 0.6) is 0 Å². The predicted octanol–water partition coefficient (Wildman–Crippen LogP) is -0.328. The lowest BCUT2D eigenvalue weighted by Gasteiger charge is -1.97. The zero-order valence-corrected chi connectivity index (χ0v) is 6.83. The molecule has 0 spiro atoms. The van der Waals surface area contributed by atoms with Gasteiger partial charge >= 0.3 is 5.91 Å². The molecular weight excluding hydrogens is 158 g/mol. The van der Waals surface area contributed by atoms with Gasteiger partial charge in [-0.15, -0.1) is 0 Å². The van der Waals surface area contributed by atoms with Gasteiger partial charge in [-0.1, -0.05) is 0 Å². The second-order valence-electron chi connectivity index (χ2n) is 2.34. The van der Waals surface area contributed by atoms with Crippen LogP contribution in [-0.4, -0.2) is 24.0 Å². The number of nitrogens with two attached hydrogens (primary N) is 1. The van der Waals surface area contributed by atoms with Gasteiger partial charge in [0.25, 0.3) is 5.89 Å². The van der Waals surface area contributed by atoms with E-state index in [9.17, 15) is 4.79 Å². The van der Waals surface area contributed by atoms with E-state index in [4.69, 9.17) is 10.2 Å². The Balaban J connectivity index is 2.53. The Morgan fingerprint density at radius 2 is 2.58 bits per heavy atom. The summed E-state index contributed by atoms with van der Waals surface area (Å²) in [5.74, 6) is -0.241. The zero-order chi connectivity index (χ0) is 8.97. The highest BCUT2D eigenvalue weighted by Crippen LogP contribution is 1.98. The predicted molar refractivity (Wildman–Crippen MR) is 42.6 cm³/mol. The molecule has 5 nitrogen and oxygen atoms in total. The second-order valence-corrected chi connectivity index (χ2v) is 2.34. The first kappa shape index (κ1) is 8.73. The molecule has 0 aromatic carbocycles. The van der Waals surface area contributed by atoms with Crippen LogP contribution >= 0.6 is 0 Å². The van der Waals surface area contributed by atoms with E-state index in [1.807, 2.05) is 0 Å². The zero-order valence-electron chi connectivity index (χ0n) is 6.83. The van der Waals surface area contributed by atoms with Crippen LogP contribution in [0.15, 0.2) is 10.7 Å². The summed E-state index contributed by atoms with van der Waals surface area (Å²) < 4.78 is 4.86. The van der Waals surface area contributed by atoms with E-state index in [0.29, 0.717) is 18.8 Å². The van der Waals surface area contributed by atoms with E-state index in [1.54, 1.807) is 6.92 Å². The molecule has 1 amide bonds. The van der Waals surface area contributed by atoms with Crippen LogP contribution in [-0.2, 0) is 0 Å². The Morgan fingerprint density at radius 3 is 3.08 bits per heavy atom. The fraction of sp³-hybridized carbons (Fsp3) is 0.429. The third-order valence-electron chi connectivity index (χ3n) is 1.24. The van der Waals surface area contributed by atoms with Crippen molar-refractivity contribution in [2.75, 3.05) is 13.1 Å². The fourth-order valence-corrected chi connectivity index (χ4v) is 0.720. The highest BCUT2D eigenvalue weighted by Gasteiger charge is 2.09. The lowest BCUT2D eigenvalue weighted by Crippen LogP contribution is -2.29. The van der Waals surface area contributed by atoms with E-state index in [-0.39, 0.29) is 11.8 Å². The molecule has 0 atom stereocenters. The molecule has 0 aliphatic carbocycles. The van der Waals surface area contributed by atoms with Crippen molar-refractivity contribution >= 4 is 5.91 Å². The maximum atomic E-state index is 11.1. The molecule has 0 aliphatic rings. The van der Waals surface area contributed by atoms with E-state index < -0.39 is 0 Å². The first-order valence-corrected chi connectivity index (χ1v) is 3.64. The number of carbonyl (C=O) groups excluding carboxylic acids is 1. The van der Waals surface area contributed by atoms with E-state index >= 15 is 0 Å². The van der Waals surface area contributed by atoms with Crippen molar-refractivity contribution < 1.29 is 9.21 Å². The van der Waals surface area contributed by atoms with Crippen molar-refractivity contribution in [3.63, 3.8) is 0 Å². The summed E-state index contributed by atoms with van der Waals surface area (Å²) >= 11 is 0. The maximum absolute atomic E-state index is 11.1. The first-order chi connectivity index (χ1) is 5.74. The van der Waals surface area contributed by atoms with E-state index in [1.165, 1.54) is 6.26 Å². The third kappa shape index (κ3) is 2.06. The molecule has 0 radical (unpaired) electrons. The third-order valence-corrected chi connectivity index (χ3v) is 1.24. The number of hydrogen-bond donors (Lipinski definition) is 2. The second kappa shape index (κ2) is 3.87. The largest absolute Gasteiger partial charge is 0.441 e. The summed E-state index contributed by atoms with van der Waals surface area (Å²) in [6, 6.07) is 0. The van der Waals surface area contributed by atoms with Crippen molar-refractivity contribution in [1.82, 2.24) is 10.3 Å². The molecular formula is C7H11N3O2. The van der Waals surface area contributed by atoms with Crippen molar-refractivity contribution in [2.45, 2.75) is 6.92 Å².